The van der Waals surface area contributed by atoms with Crippen molar-refractivity contribution in [3.05, 3.63) is 110 Å². The minimum absolute atomic E-state index is 0. The van der Waals surface area contributed by atoms with Crippen LogP contribution in [0, 0.1) is 10.4 Å². The molecule has 1 nitrogen and oxygen atoms in total. The van der Waals surface area contributed by atoms with Crippen LogP contribution in [0.5, 0.6) is 0 Å². The molecular weight excluding hydrogens is 490 g/mol. The average Bonchev–Trinajstić information content (AvgIpc) is 3.24. The van der Waals surface area contributed by atoms with Crippen LogP contribution in [0.2, 0.25) is 0 Å². The molecule has 0 aliphatic heterocycles. The van der Waals surface area contributed by atoms with Gasteiger partial charge in [-0.2, -0.15) is 0 Å². The van der Waals surface area contributed by atoms with Crippen LogP contribution >= 0.6 is 0 Å². The monoisotopic (exact) mass is 509 g/mol. The minimum Gasteiger partial charge on any atom is -1.00 e. The second-order valence-electron chi connectivity index (χ2n) is 7.43. The summed E-state index contributed by atoms with van der Waals surface area (Å²) in [6.45, 7) is 2.32. The summed E-state index contributed by atoms with van der Waals surface area (Å²) in [4.78, 5) is 0. The van der Waals surface area contributed by atoms with Gasteiger partial charge < -0.3 is 24.8 Å². The molecule has 0 saturated carbocycles. The molecule has 30 heavy (non-hydrogen) atoms. The van der Waals surface area contributed by atoms with E-state index in [1.165, 1.54) is 76.7 Å². The van der Waals surface area contributed by atoms with E-state index < -0.39 is 0 Å². The first-order valence-corrected chi connectivity index (χ1v) is 11.0. The van der Waals surface area contributed by atoms with Gasteiger partial charge in [0, 0.05) is 0 Å². The third-order valence-electron chi connectivity index (χ3n) is 6.03. The number of benzene rings is 3. The van der Waals surface area contributed by atoms with E-state index in [2.05, 4.69) is 79.7 Å². The Labute approximate surface area is 204 Å². The van der Waals surface area contributed by atoms with Gasteiger partial charge in [0.1, 0.15) is 0 Å². The molecule has 2 aliphatic carbocycles. The van der Waals surface area contributed by atoms with Crippen molar-refractivity contribution in [1.82, 2.24) is 0 Å². The summed E-state index contributed by atoms with van der Waals surface area (Å²) >= 11 is 1.46. The van der Waals surface area contributed by atoms with Crippen LogP contribution in [0.25, 0.3) is 14.9 Å². The summed E-state index contributed by atoms with van der Waals surface area (Å²) in [5, 5.41) is 15.0. The van der Waals surface area contributed by atoms with E-state index in [0.717, 1.165) is 0 Å². The van der Waals surface area contributed by atoms with Gasteiger partial charge in [-0.05, 0) is 0 Å². The molecule has 1 unspecified atom stereocenters. The second-order valence-corrected chi connectivity index (χ2v) is 8.66. The fourth-order valence-corrected chi connectivity index (χ4v) is 6.00. The number of hydrogen-bond acceptors (Lipinski definition) is 1. The van der Waals surface area contributed by atoms with Gasteiger partial charge in [-0.25, -0.2) is 0 Å². The summed E-state index contributed by atoms with van der Waals surface area (Å²) < 4.78 is 1.46. The van der Waals surface area contributed by atoms with Crippen LogP contribution in [0.4, 0.5) is 0 Å². The van der Waals surface area contributed by atoms with E-state index in [0.29, 0.717) is 6.42 Å². The molecule has 0 amide bonds. The molecule has 5 rings (SSSR count). The maximum absolute atomic E-state index is 9.58. The summed E-state index contributed by atoms with van der Waals surface area (Å²) in [5.41, 5.74) is 6.77. The Morgan fingerprint density at radius 1 is 0.900 bits per heavy atom. The van der Waals surface area contributed by atoms with Crippen LogP contribution in [-0.2, 0) is 24.7 Å². The zero-order chi connectivity index (χ0) is 19.3. The van der Waals surface area contributed by atoms with Gasteiger partial charge in [-0.15, -0.1) is 0 Å². The van der Waals surface area contributed by atoms with Crippen molar-refractivity contribution >= 4 is 14.9 Å². The molecule has 0 heterocycles. The van der Waals surface area contributed by atoms with E-state index in [1.54, 1.807) is 0 Å². The number of fused-ring (bicyclic) bond motifs is 3. The number of aliphatic hydroxyl groups is 1. The zero-order valence-electron chi connectivity index (χ0n) is 16.6. The first kappa shape index (κ1) is 23.2. The molecule has 1 atom stereocenters. The summed E-state index contributed by atoms with van der Waals surface area (Å²) in [6.07, 6.45) is 5.33. The van der Waals surface area contributed by atoms with Crippen LogP contribution in [0.3, 0.4) is 0 Å². The van der Waals surface area contributed by atoms with Crippen LogP contribution < -0.4 is 35.3 Å². The zero-order valence-corrected chi connectivity index (χ0v) is 20.6. The molecule has 0 bridgehead atoms. The van der Waals surface area contributed by atoms with E-state index in [1.807, 2.05) is 0 Å². The molecule has 149 valence electrons. The van der Waals surface area contributed by atoms with Crippen molar-refractivity contribution in [2.45, 2.75) is 19.3 Å². The van der Waals surface area contributed by atoms with E-state index in [-0.39, 0.29) is 37.3 Å². The van der Waals surface area contributed by atoms with Crippen molar-refractivity contribution in [3.63, 3.8) is 0 Å². The SMILES string of the molecule is CC=c1ccc2c(c1C1C=C(CCO)c3ccccc31)[C]([Zr+2])=c1ccccc1=2.[Cl-].[Cl-]. The van der Waals surface area contributed by atoms with Gasteiger partial charge in [0.2, 0.25) is 0 Å². The Balaban J connectivity index is 0.00000128. The summed E-state index contributed by atoms with van der Waals surface area (Å²) in [7, 11) is 0. The Bertz CT molecular complexity index is 1360. The van der Waals surface area contributed by atoms with Gasteiger partial charge >= 0.3 is 180 Å². The Kier molecular flexibility index (Phi) is 7.25. The molecule has 3 aromatic carbocycles. The molecule has 0 aromatic heterocycles. The average molecular weight is 512 g/mol. The maximum Gasteiger partial charge on any atom is -1.00 e. The predicted molar refractivity (Wildman–Crippen MR) is 110 cm³/mol. The number of hydrogen-bond donors (Lipinski definition) is 1. The van der Waals surface area contributed by atoms with Gasteiger partial charge in [-0.1, -0.05) is 0 Å². The first-order valence-electron chi connectivity index (χ1n) is 9.80. The standard InChI is InChI=1S/C26H21O.2ClH.Zr/c1-2-17-11-12-23-20-8-4-3-7-18(20)15-25(23)26(17)24-16-19(13-14-27)21-9-5-6-10-22(21)24;;;/h2-12,16,24,27H,13-14H2,1H3;2*1H;/q;;;+2/p-2. The summed E-state index contributed by atoms with van der Waals surface area (Å²) in [5.74, 6) is 0.240. The molecule has 4 heteroatoms. The van der Waals surface area contributed by atoms with E-state index in [4.69, 9.17) is 0 Å². The molecule has 0 radical (unpaired) electrons. The van der Waals surface area contributed by atoms with Crippen molar-refractivity contribution in [2.24, 2.45) is 0 Å². The van der Waals surface area contributed by atoms with E-state index in [9.17, 15) is 5.11 Å². The number of rotatable bonds is 3. The maximum atomic E-state index is 9.58. The van der Waals surface area contributed by atoms with Crippen molar-refractivity contribution in [3.8, 4) is 0 Å². The van der Waals surface area contributed by atoms with Gasteiger partial charge in [-0.3, -0.25) is 0 Å². The number of allylic oxidation sites excluding steroid dienone is 1. The topological polar surface area (TPSA) is 20.2 Å². The van der Waals surface area contributed by atoms with Gasteiger partial charge in [0.05, 0.1) is 0 Å². The Morgan fingerprint density at radius 3 is 2.33 bits per heavy atom. The fourth-order valence-electron chi connectivity index (χ4n) is 4.81. The van der Waals surface area contributed by atoms with Gasteiger partial charge in [0.15, 0.2) is 0 Å². The molecule has 0 spiro atoms. The third-order valence-corrected chi connectivity index (χ3v) is 7.31. The second kappa shape index (κ2) is 9.37. The van der Waals surface area contributed by atoms with E-state index >= 15 is 0 Å². The molecule has 3 aromatic rings. The third kappa shape index (κ3) is 3.49. The molecule has 0 fully saturated rings. The number of aliphatic hydroxyl groups excluding tert-OH is 1. The van der Waals surface area contributed by atoms with Crippen LogP contribution in [0.15, 0.2) is 66.7 Å². The first-order chi connectivity index (χ1) is 13.7. The number of halogens is 2. The normalized spacial score (nSPS) is 16.3. The largest absolute Gasteiger partial charge is 1.00 e. The molecule has 1 N–H and O–H groups in total. The Morgan fingerprint density at radius 2 is 1.60 bits per heavy atom. The van der Waals surface area contributed by atoms with Crippen LogP contribution in [0.1, 0.15) is 41.5 Å². The van der Waals surface area contributed by atoms with Crippen molar-refractivity contribution in [1.29, 1.82) is 0 Å². The molecule has 0 saturated heterocycles. The molecule has 2 aliphatic rings. The summed E-state index contributed by atoms with van der Waals surface area (Å²) in [6, 6.07) is 22.1. The van der Waals surface area contributed by atoms with Crippen LogP contribution in [-0.4, -0.2) is 11.7 Å². The van der Waals surface area contributed by atoms with Gasteiger partial charge in [0.25, 0.3) is 0 Å². The predicted octanol–water partition coefficient (Wildman–Crippen LogP) is -2.29. The molecular formula is C26H21Cl2OZr. The quantitative estimate of drug-likeness (QED) is 0.420. The van der Waals surface area contributed by atoms with Crippen molar-refractivity contribution in [2.75, 3.05) is 6.61 Å². The Hall–Kier alpha value is -1.44. The van der Waals surface area contributed by atoms with Crippen molar-refractivity contribution < 1.29 is 54.6 Å². The minimum atomic E-state index is 0. The fraction of sp³-hybridized carbons (Fsp3) is 0.154. The smallest absolute Gasteiger partial charge is 1.00 e.